The van der Waals surface area contributed by atoms with Crippen molar-refractivity contribution >= 4 is 34.2 Å². The zero-order valence-electron chi connectivity index (χ0n) is 17.8. The van der Waals surface area contributed by atoms with Gasteiger partial charge in [-0.25, -0.2) is 0 Å². The van der Waals surface area contributed by atoms with Crippen LogP contribution < -0.4 is 0 Å². The molecule has 5 rings (SSSR count). The summed E-state index contributed by atoms with van der Waals surface area (Å²) in [4.78, 5) is 11.0. The van der Waals surface area contributed by atoms with Crippen molar-refractivity contribution in [2.45, 2.75) is 23.4 Å². The van der Waals surface area contributed by atoms with Crippen LogP contribution in [0.2, 0.25) is 0 Å². The second-order valence-electron chi connectivity index (χ2n) is 8.10. The molecule has 3 heterocycles. The molecule has 1 saturated carbocycles. The van der Waals surface area contributed by atoms with E-state index in [1.54, 1.807) is 24.2 Å². The zero-order chi connectivity index (χ0) is 22.6. The van der Waals surface area contributed by atoms with Crippen molar-refractivity contribution in [2.75, 3.05) is 25.4 Å². The summed E-state index contributed by atoms with van der Waals surface area (Å²) in [6, 6.07) is 10.9. The number of halogens is 1. The molecule has 10 heteroatoms. The zero-order valence-corrected chi connectivity index (χ0v) is 20.2. The Hall–Kier alpha value is -2.30. The molecule has 3 aromatic rings. The third-order valence-corrected chi connectivity index (χ3v) is 7.80. The van der Waals surface area contributed by atoms with Gasteiger partial charge >= 0.3 is 0 Å². The van der Waals surface area contributed by atoms with Gasteiger partial charge in [-0.1, -0.05) is 39.8 Å². The highest BCUT2D eigenvalue weighted by molar-refractivity contribution is 9.10. The third-order valence-electron chi connectivity index (χ3n) is 6.16. The van der Waals surface area contributed by atoms with Crippen LogP contribution in [0.15, 0.2) is 52.4 Å². The van der Waals surface area contributed by atoms with E-state index in [4.69, 9.17) is 9.90 Å². The lowest BCUT2D eigenvalue weighted by Crippen LogP contribution is -2.27. The van der Waals surface area contributed by atoms with Crippen LogP contribution in [0.5, 0.6) is 0 Å². The average molecular weight is 517 g/mol. The molecule has 1 N–H and O–H groups in total. The van der Waals surface area contributed by atoms with Gasteiger partial charge in [0, 0.05) is 41.3 Å². The van der Waals surface area contributed by atoms with Crippen molar-refractivity contribution in [1.29, 1.82) is 0 Å². The van der Waals surface area contributed by atoms with Crippen molar-refractivity contribution in [3.05, 3.63) is 52.8 Å². The van der Waals surface area contributed by atoms with Crippen LogP contribution in [0.4, 0.5) is 0 Å². The molecule has 1 saturated heterocycles. The molecule has 32 heavy (non-hydrogen) atoms. The van der Waals surface area contributed by atoms with Gasteiger partial charge in [0.2, 0.25) is 0 Å². The molecule has 168 valence electrons. The first-order valence-corrected chi connectivity index (χ1v) is 12.2. The highest BCUT2D eigenvalue weighted by Gasteiger charge is 2.60. The number of benzene rings is 1. The number of hydrogen-bond acceptors (Lipinski definition) is 7. The van der Waals surface area contributed by atoms with Crippen LogP contribution in [-0.4, -0.2) is 66.8 Å². The Morgan fingerprint density at radius 3 is 2.75 bits per heavy atom. The lowest BCUT2D eigenvalue weighted by Gasteiger charge is -2.21. The van der Waals surface area contributed by atoms with Gasteiger partial charge in [0.05, 0.1) is 12.4 Å². The van der Waals surface area contributed by atoms with Crippen molar-refractivity contribution in [1.82, 2.24) is 29.9 Å². The number of likely N-dealkylation sites (tertiary alicyclic amines) is 1. The fourth-order valence-corrected chi connectivity index (χ4v) is 5.65. The number of aromatic nitrogens is 5. The normalized spacial score (nSPS) is 21.5. The van der Waals surface area contributed by atoms with E-state index in [2.05, 4.69) is 65.5 Å². The van der Waals surface area contributed by atoms with Gasteiger partial charge in [-0.3, -0.25) is 4.79 Å². The van der Waals surface area contributed by atoms with E-state index < -0.39 is 0 Å². The maximum atomic E-state index is 8.36. The maximum absolute atomic E-state index is 8.36. The molecule has 0 unspecified atom stereocenters. The molecule has 1 aliphatic heterocycles. The Kier molecular flexibility index (Phi) is 7.22. The molecule has 1 aromatic carbocycles. The van der Waals surface area contributed by atoms with E-state index in [1.165, 1.54) is 25.1 Å². The van der Waals surface area contributed by atoms with Crippen molar-refractivity contribution in [3.8, 4) is 11.4 Å². The lowest BCUT2D eigenvalue weighted by molar-refractivity contribution is -0.122. The molecule has 0 radical (unpaired) electrons. The van der Waals surface area contributed by atoms with Crippen LogP contribution in [0.25, 0.3) is 11.4 Å². The average Bonchev–Trinajstić information content (AvgIpc) is 3.17. The fraction of sp³-hybridized carbons (Fsp3) is 0.409. The monoisotopic (exact) mass is 516 g/mol. The number of rotatable bonds is 7. The minimum absolute atomic E-state index is 0.250. The largest absolute Gasteiger partial charge is 0.483 e. The summed E-state index contributed by atoms with van der Waals surface area (Å²) in [5, 5.41) is 24.3. The van der Waals surface area contributed by atoms with Gasteiger partial charge in [0.15, 0.2) is 11.0 Å². The molecule has 1 aliphatic carbocycles. The molecule has 2 aliphatic rings. The van der Waals surface area contributed by atoms with E-state index in [0.29, 0.717) is 5.41 Å². The summed E-state index contributed by atoms with van der Waals surface area (Å²) < 4.78 is 3.20. The highest BCUT2D eigenvalue weighted by Crippen LogP contribution is 2.59. The predicted octanol–water partition coefficient (Wildman–Crippen LogP) is 3.49. The Labute approximate surface area is 199 Å². The molecule has 0 bridgehead atoms. The summed E-state index contributed by atoms with van der Waals surface area (Å²) in [6.45, 7) is 3.34. The number of carbonyl (C=O) groups is 1. The van der Waals surface area contributed by atoms with Gasteiger partial charge in [-0.05, 0) is 49.1 Å². The Balaban J connectivity index is 0.000000775. The van der Waals surface area contributed by atoms with E-state index >= 15 is 0 Å². The van der Waals surface area contributed by atoms with E-state index in [0.717, 1.165) is 45.7 Å². The first-order valence-electron chi connectivity index (χ1n) is 10.4. The van der Waals surface area contributed by atoms with Gasteiger partial charge in [-0.15, -0.1) is 10.2 Å². The molecule has 0 amide bonds. The van der Waals surface area contributed by atoms with Gasteiger partial charge in [0.1, 0.15) is 0 Å². The molecule has 2 aromatic heterocycles. The number of thioether (sulfide) groups is 1. The van der Waals surface area contributed by atoms with E-state index in [9.17, 15) is 0 Å². The predicted molar refractivity (Wildman–Crippen MR) is 126 cm³/mol. The van der Waals surface area contributed by atoms with Crippen LogP contribution in [-0.2, 0) is 17.3 Å². The Morgan fingerprint density at radius 2 is 2.03 bits per heavy atom. The molecule has 0 spiro atoms. The minimum Gasteiger partial charge on any atom is -0.483 e. The summed E-state index contributed by atoms with van der Waals surface area (Å²) in [7, 11) is 2.01. The van der Waals surface area contributed by atoms with Crippen LogP contribution in [0.1, 0.15) is 18.4 Å². The van der Waals surface area contributed by atoms with Gasteiger partial charge < -0.3 is 14.6 Å². The molecule has 2 atom stereocenters. The second kappa shape index (κ2) is 10.1. The SMILES string of the molecule is Cn1c(SCCCN2C[C@@H]3C[C@]3(c3ccc(Br)cc3)C2)nnc1-c1ccnnc1.O=CO. The highest BCUT2D eigenvalue weighted by atomic mass is 79.9. The standard InChI is InChI=1S/C21H23BrN6S.CH2O2/c1-27-19(15-7-8-23-24-12-15)25-26-20(27)29-10-2-9-28-13-17-11-21(17,14-28)16-3-5-18(22)6-4-16;2-1-3/h3-8,12,17H,2,9-11,13-14H2,1H3;1H,(H,2,3)/t17-,21+;/m0./s1. The minimum atomic E-state index is -0.250. The third kappa shape index (κ3) is 4.87. The van der Waals surface area contributed by atoms with Crippen LogP contribution >= 0.6 is 27.7 Å². The summed E-state index contributed by atoms with van der Waals surface area (Å²) in [5.41, 5.74) is 2.88. The van der Waals surface area contributed by atoms with E-state index in [1.807, 2.05) is 17.7 Å². The number of carboxylic acid groups (broad SMARTS) is 1. The topological polar surface area (TPSA) is 97.0 Å². The smallest absolute Gasteiger partial charge is 0.290 e. The van der Waals surface area contributed by atoms with Crippen molar-refractivity contribution in [2.24, 2.45) is 13.0 Å². The molecular formula is C22H25BrN6O2S. The van der Waals surface area contributed by atoms with Crippen molar-refractivity contribution < 1.29 is 9.90 Å². The number of hydrogen-bond donors (Lipinski definition) is 1. The number of piperidine rings is 1. The Morgan fingerprint density at radius 1 is 1.25 bits per heavy atom. The second-order valence-corrected chi connectivity index (χ2v) is 10.1. The maximum Gasteiger partial charge on any atom is 0.290 e. The molecule has 2 fully saturated rings. The summed E-state index contributed by atoms with van der Waals surface area (Å²) >= 11 is 5.32. The van der Waals surface area contributed by atoms with Crippen molar-refractivity contribution in [3.63, 3.8) is 0 Å². The van der Waals surface area contributed by atoms with E-state index in [-0.39, 0.29) is 6.47 Å². The van der Waals surface area contributed by atoms with Gasteiger partial charge in [-0.2, -0.15) is 10.2 Å². The lowest BCUT2D eigenvalue weighted by atomic mass is 9.95. The summed E-state index contributed by atoms with van der Waals surface area (Å²) in [5.74, 6) is 2.72. The first kappa shape index (κ1) is 22.9. The number of fused-ring (bicyclic) bond motifs is 1. The fourth-order valence-electron chi connectivity index (χ4n) is 4.55. The molecule has 8 nitrogen and oxygen atoms in total. The molecular weight excluding hydrogens is 492 g/mol. The summed E-state index contributed by atoms with van der Waals surface area (Å²) in [6.07, 6.45) is 5.91. The first-order chi connectivity index (χ1) is 15.6. The van der Waals surface area contributed by atoms with Crippen LogP contribution in [0, 0.1) is 5.92 Å². The van der Waals surface area contributed by atoms with Crippen LogP contribution in [0.3, 0.4) is 0 Å². The number of nitrogens with zero attached hydrogens (tertiary/aromatic N) is 6. The van der Waals surface area contributed by atoms with Gasteiger partial charge in [0.25, 0.3) is 6.47 Å². The Bertz CT molecular complexity index is 1050. The quantitative estimate of drug-likeness (QED) is 0.289.